The van der Waals surface area contributed by atoms with E-state index >= 15 is 0 Å². The SMILES string of the molecule is CC(C)n1cnc(CCNc2nc(NCC(c3ccccc3)c3ccccc3)c3ncn([C@@H]4C[C@](NC(=O)C(F)(F)F)(C5(C(=O)O)CC5)[C@@H](O)[C@H]4O)c3n2)c1. The maximum Gasteiger partial charge on any atom is 0.471 e. The Balaban J connectivity index is 1.25. The number of hydrogen-bond donors (Lipinski definition) is 6. The van der Waals surface area contributed by atoms with Gasteiger partial charge in [0.05, 0.1) is 35.3 Å². The summed E-state index contributed by atoms with van der Waals surface area (Å²) in [6, 6.07) is 18.8. The van der Waals surface area contributed by atoms with Crippen molar-refractivity contribution in [1.82, 2.24) is 34.4 Å². The Kier molecular flexibility index (Phi) is 10.0. The number of benzene rings is 2. The van der Waals surface area contributed by atoms with Crippen LogP contribution in [0.1, 0.15) is 67.9 Å². The molecule has 0 bridgehead atoms. The molecule has 6 N–H and O–H groups in total. The summed E-state index contributed by atoms with van der Waals surface area (Å²) in [4.78, 5) is 43.4. The second-order valence-corrected chi connectivity index (χ2v) is 14.6. The number of carboxylic acids is 1. The molecule has 3 heterocycles. The van der Waals surface area contributed by atoms with E-state index in [0.717, 1.165) is 16.8 Å². The lowest BCUT2D eigenvalue weighted by Crippen LogP contribution is -2.65. The first kappa shape index (κ1) is 37.8. The summed E-state index contributed by atoms with van der Waals surface area (Å²) in [5.74, 6) is -3.52. The van der Waals surface area contributed by atoms with Gasteiger partial charge in [0.15, 0.2) is 17.0 Å². The fourth-order valence-corrected chi connectivity index (χ4v) is 7.76. The second-order valence-electron chi connectivity index (χ2n) is 14.6. The van der Waals surface area contributed by atoms with Crippen molar-refractivity contribution >= 4 is 34.8 Å². The number of aliphatic hydroxyl groups is 2. The van der Waals surface area contributed by atoms with E-state index < -0.39 is 53.7 Å². The number of halogens is 3. The molecule has 7 rings (SSSR count). The Morgan fingerprint density at radius 2 is 1.60 bits per heavy atom. The van der Waals surface area contributed by atoms with Crippen LogP contribution in [0.25, 0.3) is 11.2 Å². The lowest BCUT2D eigenvalue weighted by Gasteiger charge is -2.39. The Morgan fingerprint density at radius 1 is 0.945 bits per heavy atom. The van der Waals surface area contributed by atoms with E-state index in [4.69, 9.17) is 9.97 Å². The van der Waals surface area contributed by atoms with Gasteiger partial charge in [-0.15, -0.1) is 0 Å². The molecular weight excluding hydrogens is 719 g/mol. The largest absolute Gasteiger partial charge is 0.481 e. The molecule has 0 aliphatic heterocycles. The smallest absolute Gasteiger partial charge is 0.471 e. The molecule has 1 amide bonds. The number of alkyl halides is 3. The predicted molar refractivity (Wildman–Crippen MR) is 195 cm³/mol. The van der Waals surface area contributed by atoms with Crippen molar-refractivity contribution in [3.05, 3.63) is 96.3 Å². The van der Waals surface area contributed by atoms with Crippen molar-refractivity contribution in [3.8, 4) is 0 Å². The number of nitrogens with one attached hydrogen (secondary N) is 3. The van der Waals surface area contributed by atoms with Gasteiger partial charge in [-0.2, -0.15) is 23.1 Å². The maximum absolute atomic E-state index is 13.6. The number of aliphatic hydroxyl groups excluding tert-OH is 2. The van der Waals surface area contributed by atoms with Crippen molar-refractivity contribution in [2.45, 2.75) is 81.5 Å². The summed E-state index contributed by atoms with van der Waals surface area (Å²) < 4.78 is 44.2. The highest BCUT2D eigenvalue weighted by Gasteiger charge is 2.73. The highest BCUT2D eigenvalue weighted by molar-refractivity contribution is 5.87. The normalized spacial score (nSPS) is 21.9. The van der Waals surface area contributed by atoms with Crippen LogP contribution in [-0.4, -0.2) is 93.3 Å². The summed E-state index contributed by atoms with van der Waals surface area (Å²) in [6.45, 7) is 4.84. The molecule has 2 fully saturated rings. The van der Waals surface area contributed by atoms with Gasteiger partial charge in [-0.3, -0.25) is 9.59 Å². The number of hydrogen-bond acceptors (Lipinski definition) is 10. The highest BCUT2D eigenvalue weighted by Crippen LogP contribution is 2.61. The van der Waals surface area contributed by atoms with Gasteiger partial charge in [0, 0.05) is 37.7 Å². The molecule has 0 saturated heterocycles. The second kappa shape index (κ2) is 14.6. The van der Waals surface area contributed by atoms with Crippen LogP contribution in [0, 0.1) is 5.41 Å². The van der Waals surface area contributed by atoms with Crippen molar-refractivity contribution in [1.29, 1.82) is 0 Å². The first-order chi connectivity index (χ1) is 26.2. The Labute approximate surface area is 313 Å². The van der Waals surface area contributed by atoms with E-state index in [2.05, 4.69) is 20.6 Å². The molecule has 0 spiro atoms. The number of aliphatic carboxylic acids is 1. The van der Waals surface area contributed by atoms with Crippen LogP contribution < -0.4 is 16.0 Å². The maximum atomic E-state index is 13.6. The third kappa shape index (κ3) is 7.09. The number of fused-ring (bicyclic) bond motifs is 1. The zero-order chi connectivity index (χ0) is 39.1. The molecule has 290 valence electrons. The number of carbonyl (C=O) groups excluding carboxylic acids is 1. The molecule has 2 aliphatic rings. The lowest BCUT2D eigenvalue weighted by atomic mass is 9.76. The lowest BCUT2D eigenvalue weighted by molar-refractivity contribution is -0.180. The molecule has 2 aromatic carbocycles. The van der Waals surface area contributed by atoms with Crippen LogP contribution in [0.3, 0.4) is 0 Å². The van der Waals surface area contributed by atoms with Crippen LogP contribution in [0.5, 0.6) is 0 Å². The standard InChI is InChI=1S/C38H42F3N9O5/c1-22(2)49-19-25(44-20-49)13-16-42-35-46-31(43-18-26(23-9-5-3-6-10-23)24-11-7-4-8-12-24)28-32(47-35)50(21-45-28)27-17-37(30(52)29(27)51,36(14-15-36)34(54)55)48-33(53)38(39,40)41/h3-12,19-22,26-27,29-30,51-52H,13-18H2,1-2H3,(H,48,53)(H,54,55)(H2,42,43,46,47)/t27-,29+,30+,37-/m1/s1. The highest BCUT2D eigenvalue weighted by atomic mass is 19.4. The third-order valence-electron chi connectivity index (χ3n) is 10.9. The molecule has 55 heavy (non-hydrogen) atoms. The summed E-state index contributed by atoms with van der Waals surface area (Å²) in [7, 11) is 0. The van der Waals surface area contributed by atoms with Gasteiger partial charge in [0.25, 0.3) is 0 Å². The van der Waals surface area contributed by atoms with Gasteiger partial charge in [0.1, 0.15) is 12.2 Å². The van der Waals surface area contributed by atoms with Gasteiger partial charge in [-0.05, 0) is 44.2 Å². The fraction of sp³-hybridized carbons (Fsp3) is 0.421. The van der Waals surface area contributed by atoms with Crippen molar-refractivity contribution in [3.63, 3.8) is 0 Å². The average molecular weight is 762 g/mol. The molecule has 0 unspecified atom stereocenters. The molecule has 0 radical (unpaired) electrons. The minimum Gasteiger partial charge on any atom is -0.481 e. The molecule has 3 aromatic heterocycles. The van der Waals surface area contributed by atoms with Gasteiger partial charge < -0.3 is 40.4 Å². The molecule has 14 nitrogen and oxygen atoms in total. The Morgan fingerprint density at radius 3 is 2.16 bits per heavy atom. The zero-order valence-electron chi connectivity index (χ0n) is 30.1. The first-order valence-electron chi connectivity index (χ1n) is 18.1. The van der Waals surface area contributed by atoms with E-state index in [1.807, 2.05) is 90.6 Å². The van der Waals surface area contributed by atoms with E-state index in [1.165, 1.54) is 10.9 Å². The van der Waals surface area contributed by atoms with Crippen LogP contribution in [0.4, 0.5) is 24.9 Å². The third-order valence-corrected chi connectivity index (χ3v) is 10.9. The van der Waals surface area contributed by atoms with Crippen LogP contribution in [0.2, 0.25) is 0 Å². The van der Waals surface area contributed by atoms with Crippen LogP contribution in [0.15, 0.2) is 79.5 Å². The number of aromatic nitrogens is 6. The van der Waals surface area contributed by atoms with Crippen molar-refractivity contribution in [2.24, 2.45) is 5.41 Å². The first-order valence-corrected chi connectivity index (χ1v) is 18.1. The van der Waals surface area contributed by atoms with Crippen molar-refractivity contribution in [2.75, 3.05) is 23.7 Å². The molecule has 2 saturated carbocycles. The summed E-state index contributed by atoms with van der Waals surface area (Å²) in [5.41, 5.74) is -0.923. The molecule has 2 aliphatic carbocycles. The Bertz CT molecular complexity index is 2120. The predicted octanol–water partition coefficient (Wildman–Crippen LogP) is 4.45. The van der Waals surface area contributed by atoms with E-state index in [1.54, 1.807) is 6.33 Å². The summed E-state index contributed by atoms with van der Waals surface area (Å²) in [6.07, 6.45) is -4.45. The molecule has 17 heteroatoms. The summed E-state index contributed by atoms with van der Waals surface area (Å²) >= 11 is 0. The number of carboxylic acid groups (broad SMARTS) is 1. The minimum absolute atomic E-state index is 0.106. The van der Waals surface area contributed by atoms with Gasteiger partial charge >= 0.3 is 18.1 Å². The number of carbonyl (C=O) groups is 2. The van der Waals surface area contributed by atoms with Gasteiger partial charge in [0.2, 0.25) is 5.95 Å². The molecule has 5 aromatic rings. The number of nitrogens with zero attached hydrogens (tertiary/aromatic N) is 6. The average Bonchev–Trinajstić information content (AvgIpc) is 3.56. The number of anilines is 2. The zero-order valence-corrected chi connectivity index (χ0v) is 30.1. The van der Waals surface area contributed by atoms with Crippen LogP contribution >= 0.6 is 0 Å². The topological polar surface area (TPSA) is 192 Å². The Hall–Kier alpha value is -5.55. The minimum atomic E-state index is -5.37. The number of imidazole rings is 2. The van der Waals surface area contributed by atoms with E-state index in [0.29, 0.717) is 25.3 Å². The van der Waals surface area contributed by atoms with Gasteiger partial charge in [-0.25, -0.2) is 9.97 Å². The fourth-order valence-electron chi connectivity index (χ4n) is 7.76. The summed E-state index contributed by atoms with van der Waals surface area (Å²) in [5, 5.41) is 41.6. The monoisotopic (exact) mass is 761 g/mol. The van der Waals surface area contributed by atoms with E-state index in [9.17, 15) is 38.1 Å². The van der Waals surface area contributed by atoms with Crippen molar-refractivity contribution < 1.29 is 38.1 Å². The number of rotatable bonds is 14. The molecule has 4 atom stereocenters. The molecular formula is C38H42F3N9O5. The quantitative estimate of drug-likeness (QED) is 0.0937. The van der Waals surface area contributed by atoms with Crippen LogP contribution in [-0.2, 0) is 16.0 Å². The van der Waals surface area contributed by atoms with E-state index in [-0.39, 0.29) is 41.9 Å². The number of amides is 1. The van der Waals surface area contributed by atoms with Gasteiger partial charge in [-0.1, -0.05) is 60.7 Å².